The van der Waals surface area contributed by atoms with Gasteiger partial charge < -0.3 is 4.74 Å². The van der Waals surface area contributed by atoms with Crippen molar-refractivity contribution in [3.05, 3.63) is 46.6 Å². The van der Waals surface area contributed by atoms with Gasteiger partial charge in [0.15, 0.2) is 8.68 Å². The average molecular weight is 347 g/mol. The summed E-state index contributed by atoms with van der Waals surface area (Å²) < 4.78 is 31.5. The molecule has 6 nitrogen and oxygen atoms in total. The molecule has 2 aromatic rings. The lowest BCUT2D eigenvalue weighted by Crippen LogP contribution is -2.34. The second-order valence-corrected chi connectivity index (χ2v) is 7.47. The molecule has 1 aromatic heterocycles. The fourth-order valence-electron chi connectivity index (χ4n) is 1.59. The quantitative estimate of drug-likeness (QED) is 0.837. The molecular formula is C12H11ClN2O4S2. The highest BCUT2D eigenvalue weighted by atomic mass is 35.5. The summed E-state index contributed by atoms with van der Waals surface area (Å²) in [5.74, 6) is -0.708. The topological polar surface area (TPSA) is 85.4 Å². The van der Waals surface area contributed by atoms with E-state index in [4.69, 9.17) is 11.6 Å². The molecule has 0 aliphatic rings. The molecular weight excluding hydrogens is 336 g/mol. The molecule has 0 bridgehead atoms. The maximum Gasteiger partial charge on any atom is 0.328 e. The molecule has 1 atom stereocenters. The first-order valence-electron chi connectivity index (χ1n) is 5.70. The third-order valence-corrected chi connectivity index (χ3v) is 5.56. The van der Waals surface area contributed by atoms with Gasteiger partial charge in [-0.15, -0.1) is 0 Å². The number of hydrogen-bond donors (Lipinski definition) is 1. The maximum atomic E-state index is 12.2. The molecule has 1 N–H and O–H groups in total. The Hall–Kier alpha value is -1.48. The van der Waals surface area contributed by atoms with E-state index in [1.807, 2.05) is 0 Å². The van der Waals surface area contributed by atoms with Crippen LogP contribution in [0, 0.1) is 0 Å². The predicted octanol–water partition coefficient (Wildman–Crippen LogP) is 1.99. The molecule has 1 heterocycles. The zero-order valence-corrected chi connectivity index (χ0v) is 13.2. The van der Waals surface area contributed by atoms with E-state index in [2.05, 4.69) is 14.4 Å². The van der Waals surface area contributed by atoms with Crippen molar-refractivity contribution in [2.24, 2.45) is 0 Å². The molecule has 21 heavy (non-hydrogen) atoms. The van der Waals surface area contributed by atoms with Gasteiger partial charge in [-0.1, -0.05) is 53.3 Å². The van der Waals surface area contributed by atoms with Gasteiger partial charge in [0.05, 0.1) is 13.3 Å². The Balaban J connectivity index is 2.34. The zero-order valence-electron chi connectivity index (χ0n) is 10.8. The Bertz CT molecular complexity index is 731. The molecule has 0 amide bonds. The summed E-state index contributed by atoms with van der Waals surface area (Å²) in [5, 5.41) is 0. The monoisotopic (exact) mass is 346 g/mol. The number of rotatable bonds is 5. The van der Waals surface area contributed by atoms with E-state index < -0.39 is 22.0 Å². The van der Waals surface area contributed by atoms with Crippen LogP contribution in [-0.4, -0.2) is 26.5 Å². The van der Waals surface area contributed by atoms with E-state index in [-0.39, 0.29) is 8.68 Å². The molecule has 0 saturated heterocycles. The van der Waals surface area contributed by atoms with Crippen molar-refractivity contribution < 1.29 is 17.9 Å². The van der Waals surface area contributed by atoms with Crippen LogP contribution in [0.15, 0.2) is 40.7 Å². The lowest BCUT2D eigenvalue weighted by molar-refractivity contribution is -0.142. The van der Waals surface area contributed by atoms with E-state index in [0.717, 1.165) is 17.5 Å². The number of aromatic nitrogens is 1. The highest BCUT2D eigenvalue weighted by Gasteiger charge is 2.29. The predicted molar refractivity (Wildman–Crippen MR) is 78.6 cm³/mol. The van der Waals surface area contributed by atoms with E-state index >= 15 is 0 Å². The van der Waals surface area contributed by atoms with Crippen LogP contribution in [0.4, 0.5) is 0 Å². The van der Waals surface area contributed by atoms with Crippen LogP contribution >= 0.6 is 22.9 Å². The van der Waals surface area contributed by atoms with Gasteiger partial charge in [0.1, 0.15) is 6.04 Å². The summed E-state index contributed by atoms with van der Waals surface area (Å²) in [4.78, 5) is 15.5. The maximum absolute atomic E-state index is 12.2. The second kappa shape index (κ2) is 6.52. The summed E-state index contributed by atoms with van der Waals surface area (Å²) in [6.07, 6.45) is 1.13. The Morgan fingerprint density at radius 3 is 2.57 bits per heavy atom. The van der Waals surface area contributed by atoms with Gasteiger partial charge in [0.2, 0.25) is 0 Å². The number of thiazole rings is 1. The molecule has 9 heteroatoms. The van der Waals surface area contributed by atoms with Gasteiger partial charge in [-0.3, -0.25) is 0 Å². The highest BCUT2D eigenvalue weighted by Crippen LogP contribution is 2.24. The average Bonchev–Trinajstić information content (AvgIpc) is 2.92. The van der Waals surface area contributed by atoms with Gasteiger partial charge in [-0.05, 0) is 5.56 Å². The van der Waals surface area contributed by atoms with E-state index in [1.54, 1.807) is 30.3 Å². The number of ether oxygens (including phenoxy) is 1. The number of nitrogens with zero attached hydrogens (tertiary/aromatic N) is 1. The number of methoxy groups -OCH3 is 1. The third kappa shape index (κ3) is 3.79. The number of esters is 1. The van der Waals surface area contributed by atoms with Crippen LogP contribution in [0.2, 0.25) is 4.47 Å². The van der Waals surface area contributed by atoms with Crippen LogP contribution < -0.4 is 4.72 Å². The fourth-order valence-corrected chi connectivity index (χ4v) is 4.07. The number of halogens is 1. The van der Waals surface area contributed by atoms with E-state index in [0.29, 0.717) is 5.56 Å². The van der Waals surface area contributed by atoms with Gasteiger partial charge in [-0.25, -0.2) is 18.2 Å². The van der Waals surface area contributed by atoms with Crippen molar-refractivity contribution in [3.63, 3.8) is 0 Å². The van der Waals surface area contributed by atoms with Crippen molar-refractivity contribution >= 4 is 38.9 Å². The summed E-state index contributed by atoms with van der Waals surface area (Å²) >= 11 is 6.44. The van der Waals surface area contributed by atoms with Crippen molar-refractivity contribution in [3.8, 4) is 0 Å². The minimum atomic E-state index is -3.92. The standard InChI is InChI=1S/C12H11ClN2O4S2/c1-19-11(16)10(8-5-3-2-4-6-8)15-21(17,18)9-7-14-12(13)20-9/h2-7,10,15H,1H3. The molecule has 1 unspecified atom stereocenters. The van der Waals surface area contributed by atoms with Crippen molar-refractivity contribution in [1.82, 2.24) is 9.71 Å². The third-order valence-electron chi connectivity index (χ3n) is 2.56. The summed E-state index contributed by atoms with van der Waals surface area (Å²) in [5.41, 5.74) is 0.475. The van der Waals surface area contributed by atoms with E-state index in [1.165, 1.54) is 7.11 Å². The zero-order chi connectivity index (χ0) is 15.5. The molecule has 0 saturated carbocycles. The summed E-state index contributed by atoms with van der Waals surface area (Å²) in [6, 6.07) is 7.27. The van der Waals surface area contributed by atoms with Gasteiger partial charge >= 0.3 is 5.97 Å². The Morgan fingerprint density at radius 2 is 2.05 bits per heavy atom. The minimum Gasteiger partial charge on any atom is -0.468 e. The minimum absolute atomic E-state index is 0.0719. The smallest absolute Gasteiger partial charge is 0.328 e. The Morgan fingerprint density at radius 1 is 1.38 bits per heavy atom. The summed E-state index contributed by atoms with van der Waals surface area (Å²) in [6.45, 7) is 0. The number of benzene rings is 1. The van der Waals surface area contributed by atoms with Crippen molar-refractivity contribution in [1.29, 1.82) is 0 Å². The molecule has 112 valence electrons. The lowest BCUT2D eigenvalue weighted by Gasteiger charge is -2.16. The van der Waals surface area contributed by atoms with Crippen molar-refractivity contribution in [2.45, 2.75) is 10.3 Å². The lowest BCUT2D eigenvalue weighted by atomic mass is 10.1. The van der Waals surface area contributed by atoms with Crippen LogP contribution in [0.3, 0.4) is 0 Å². The number of sulfonamides is 1. The van der Waals surface area contributed by atoms with Gasteiger partial charge in [-0.2, -0.15) is 4.72 Å². The molecule has 2 rings (SSSR count). The van der Waals surface area contributed by atoms with E-state index in [9.17, 15) is 13.2 Å². The number of nitrogens with one attached hydrogen (secondary N) is 1. The van der Waals surface area contributed by atoms with Crippen LogP contribution in [0.1, 0.15) is 11.6 Å². The molecule has 0 aliphatic heterocycles. The van der Waals surface area contributed by atoms with Crippen LogP contribution in [0.25, 0.3) is 0 Å². The number of hydrogen-bond acceptors (Lipinski definition) is 6. The normalized spacial score (nSPS) is 12.9. The Kier molecular flexibility index (Phi) is 4.94. The Labute approximate surface area is 130 Å². The second-order valence-electron chi connectivity index (χ2n) is 3.92. The number of carbonyl (C=O) groups is 1. The van der Waals surface area contributed by atoms with Crippen LogP contribution in [-0.2, 0) is 19.6 Å². The molecule has 0 fully saturated rings. The molecule has 1 aromatic carbocycles. The molecule has 0 radical (unpaired) electrons. The van der Waals surface area contributed by atoms with Gasteiger partial charge in [0, 0.05) is 0 Å². The molecule has 0 spiro atoms. The fraction of sp³-hybridized carbons (Fsp3) is 0.167. The SMILES string of the molecule is COC(=O)C(NS(=O)(=O)c1cnc(Cl)s1)c1ccccc1. The first-order chi connectivity index (χ1) is 9.94. The number of carbonyl (C=O) groups excluding carboxylic acids is 1. The van der Waals surface area contributed by atoms with Gasteiger partial charge in [0.25, 0.3) is 10.0 Å². The van der Waals surface area contributed by atoms with Crippen LogP contribution in [0.5, 0.6) is 0 Å². The first-order valence-corrected chi connectivity index (χ1v) is 8.38. The largest absolute Gasteiger partial charge is 0.468 e. The van der Waals surface area contributed by atoms with Crippen molar-refractivity contribution in [2.75, 3.05) is 7.11 Å². The highest BCUT2D eigenvalue weighted by molar-refractivity contribution is 7.91. The molecule has 0 aliphatic carbocycles. The first kappa shape index (κ1) is 15.9. The summed E-state index contributed by atoms with van der Waals surface area (Å²) in [7, 11) is -2.73.